The van der Waals surface area contributed by atoms with Gasteiger partial charge in [0.15, 0.2) is 0 Å². The van der Waals surface area contributed by atoms with E-state index in [4.69, 9.17) is 5.11 Å². The van der Waals surface area contributed by atoms with Crippen molar-refractivity contribution in [2.75, 3.05) is 13.1 Å². The fraction of sp³-hybridized carbons (Fsp3) is 0.717. The number of amides is 4. The number of carboxylic acid groups (broad SMARTS) is 1. The van der Waals surface area contributed by atoms with Crippen molar-refractivity contribution in [3.63, 3.8) is 0 Å². The lowest BCUT2D eigenvalue weighted by Gasteiger charge is -2.39. The van der Waals surface area contributed by atoms with Crippen LogP contribution in [0.4, 0.5) is 4.79 Å². The third kappa shape index (κ3) is 15.4. The molecule has 0 aromatic carbocycles. The summed E-state index contributed by atoms with van der Waals surface area (Å²) in [5.41, 5.74) is 0.413. The zero-order valence-electron chi connectivity index (χ0n) is 37.8. The summed E-state index contributed by atoms with van der Waals surface area (Å²) in [4.78, 5) is 66.1. The van der Waals surface area contributed by atoms with Gasteiger partial charge in [0.2, 0.25) is 11.7 Å². The summed E-state index contributed by atoms with van der Waals surface area (Å²) in [5.74, 6) is -1.61. The Balaban J connectivity index is 0.00000413. The molecular weight excluding hydrogens is 719 g/mol. The molecule has 1 aliphatic carbocycles. The van der Waals surface area contributed by atoms with Crippen molar-refractivity contribution in [3.8, 4) is 0 Å². The number of likely N-dealkylation sites (tertiary alicyclic amines) is 1. The number of carbonyl (C=O) groups is 5. The van der Waals surface area contributed by atoms with E-state index in [9.17, 15) is 19.2 Å². The van der Waals surface area contributed by atoms with Crippen molar-refractivity contribution in [1.29, 1.82) is 0 Å². The highest BCUT2D eigenvalue weighted by atomic mass is 16.4. The van der Waals surface area contributed by atoms with Crippen LogP contribution in [0.2, 0.25) is 0 Å². The maximum atomic E-state index is 15.1. The molecule has 1 heterocycles. The fourth-order valence-corrected chi connectivity index (χ4v) is 8.12. The van der Waals surface area contributed by atoms with Gasteiger partial charge >= 0.3 is 12.0 Å². The number of allylic oxidation sites excluding steroid dienone is 2. The number of urea groups is 1. The number of hydrogen-bond donors (Lipinski definition) is 5. The first-order chi connectivity index (χ1) is 26.8. The maximum absolute atomic E-state index is 15.1. The van der Waals surface area contributed by atoms with Gasteiger partial charge < -0.3 is 31.3 Å². The van der Waals surface area contributed by atoms with E-state index < -0.39 is 35.8 Å². The summed E-state index contributed by atoms with van der Waals surface area (Å²) in [6, 6.07) is -2.42. The lowest BCUT2D eigenvalue weighted by atomic mass is 9.81. The van der Waals surface area contributed by atoms with Crippen LogP contribution in [0, 0.1) is 40.4 Å². The Labute approximate surface area is 346 Å². The van der Waals surface area contributed by atoms with E-state index in [1.807, 2.05) is 44.7 Å². The Morgan fingerprint density at radius 3 is 1.96 bits per heavy atom. The van der Waals surface area contributed by atoms with Gasteiger partial charge in [0.05, 0.1) is 12.1 Å². The molecule has 2 fully saturated rings. The van der Waals surface area contributed by atoms with Gasteiger partial charge in [-0.3, -0.25) is 19.2 Å². The number of piperidine rings is 1. The van der Waals surface area contributed by atoms with Gasteiger partial charge in [0, 0.05) is 31.2 Å². The summed E-state index contributed by atoms with van der Waals surface area (Å²) >= 11 is 0. The highest BCUT2D eigenvalue weighted by molar-refractivity contribution is 6.38. The summed E-state index contributed by atoms with van der Waals surface area (Å²) in [6.07, 6.45) is 10.7. The van der Waals surface area contributed by atoms with E-state index in [1.54, 1.807) is 6.92 Å². The monoisotopic (exact) mass is 800 g/mol. The molecule has 10 atom stereocenters. The number of carboxylic acids is 1. The molecule has 0 radical (unpaired) electrons. The molecule has 11 nitrogen and oxygen atoms in total. The largest absolute Gasteiger partial charge is 0.481 e. The van der Waals surface area contributed by atoms with E-state index in [2.05, 4.69) is 96.0 Å². The minimum absolute atomic E-state index is 0.0198. The van der Waals surface area contributed by atoms with Crippen molar-refractivity contribution >= 4 is 29.6 Å². The van der Waals surface area contributed by atoms with Crippen LogP contribution >= 0.6 is 0 Å². The molecule has 4 amide bonds. The summed E-state index contributed by atoms with van der Waals surface area (Å²) in [6.45, 7) is 41.4. The van der Waals surface area contributed by atoms with Crippen LogP contribution < -0.4 is 21.3 Å². The molecule has 326 valence electrons. The van der Waals surface area contributed by atoms with Crippen LogP contribution in [0.25, 0.3) is 0 Å². The van der Waals surface area contributed by atoms with Gasteiger partial charge in [-0.25, -0.2) is 4.79 Å². The second-order valence-corrected chi connectivity index (χ2v) is 16.8. The molecule has 0 bridgehead atoms. The van der Waals surface area contributed by atoms with Crippen LogP contribution in [0.3, 0.4) is 0 Å². The van der Waals surface area contributed by atoms with Gasteiger partial charge in [-0.1, -0.05) is 121 Å². The van der Waals surface area contributed by atoms with E-state index in [0.717, 1.165) is 19.3 Å². The molecule has 1 saturated heterocycles. The van der Waals surface area contributed by atoms with Crippen molar-refractivity contribution < 1.29 is 29.1 Å². The smallest absolute Gasteiger partial charge is 0.315 e. The Bertz CT molecular complexity index is 1360. The van der Waals surface area contributed by atoms with Crippen molar-refractivity contribution in [2.24, 2.45) is 40.4 Å². The quantitative estimate of drug-likeness (QED) is 0.0513. The molecule has 57 heavy (non-hydrogen) atoms. The van der Waals surface area contributed by atoms with Crippen molar-refractivity contribution in [1.82, 2.24) is 26.2 Å². The summed E-state index contributed by atoms with van der Waals surface area (Å²) in [7, 11) is 0. The van der Waals surface area contributed by atoms with Crippen LogP contribution in [0.5, 0.6) is 0 Å². The minimum Gasteiger partial charge on any atom is -0.481 e. The predicted molar refractivity (Wildman–Crippen MR) is 234 cm³/mol. The van der Waals surface area contributed by atoms with Crippen molar-refractivity contribution in [2.45, 2.75) is 159 Å². The molecule has 8 unspecified atom stereocenters. The highest BCUT2D eigenvalue weighted by Gasteiger charge is 2.70. The zero-order valence-corrected chi connectivity index (χ0v) is 37.8. The number of rotatable bonds is 23. The van der Waals surface area contributed by atoms with Gasteiger partial charge in [-0.15, -0.1) is 19.7 Å². The molecule has 0 aromatic heterocycles. The molecule has 5 N–H and O–H groups in total. The van der Waals surface area contributed by atoms with Gasteiger partial charge in [0.1, 0.15) is 6.04 Å². The van der Waals surface area contributed by atoms with Crippen LogP contribution in [-0.2, 0) is 19.2 Å². The van der Waals surface area contributed by atoms with Gasteiger partial charge in [-0.2, -0.15) is 0 Å². The SMILES string of the molecule is C=CCNC(=O)C(=O)C(CCC)NC(=C)C1[C@@H]2[C@H](CN1C(=O)C(NC(=O)NC(CC)C(C)(C)C)C(CC(C)C=C)CC(C=C)CC)C2(C)CC.CC.CCC(=O)O. The Kier molecular flexibility index (Phi) is 23.7. The maximum Gasteiger partial charge on any atom is 0.315 e. The van der Waals surface area contributed by atoms with E-state index in [-0.39, 0.29) is 71.4 Å². The molecule has 1 saturated carbocycles. The molecule has 1 aliphatic heterocycles. The van der Waals surface area contributed by atoms with Crippen LogP contribution in [0.1, 0.15) is 134 Å². The van der Waals surface area contributed by atoms with E-state index >= 15 is 4.79 Å². The Hall–Kier alpha value is -3.89. The number of nitrogens with zero attached hydrogens (tertiary/aromatic N) is 1. The first kappa shape index (κ1) is 53.1. The third-order valence-corrected chi connectivity index (χ3v) is 11.9. The second kappa shape index (κ2) is 25.5. The standard InChI is InChI=1S/C41H69N5O4.C3H6O2.C2H6/c1-14-21-31(36(47)37(48)42-22-15-2)43-27(9)35-33-30(41(33,13)20-7)25-46(35)38(49)34(45-39(50)44-32(19-6)40(10,11)12)29(23-26(8)16-3)24-28(17-4)18-5;1-2-3(4)5;1-2/h15-17,26,28-35,43H,2-4,9,14,18-25H2,1,5-8,10-13H3,(H,42,48)(H2,44,45,50);2H2,1H3,(H,4,5);1-2H3/t26?,28?,29?,30-,31?,32?,33-,34?,35?,41?;;/m0../s1. The first-order valence-electron chi connectivity index (χ1n) is 21.5. The van der Waals surface area contributed by atoms with E-state index in [0.29, 0.717) is 37.9 Å². The number of Topliss-reactive ketones (excluding diaryl/α,β-unsaturated/α-hetero) is 1. The minimum atomic E-state index is -0.803. The normalized spacial score (nSPS) is 22.4. The second-order valence-electron chi connectivity index (χ2n) is 16.8. The fourth-order valence-electron chi connectivity index (χ4n) is 8.12. The lowest BCUT2D eigenvalue weighted by Crippen LogP contribution is -2.59. The van der Waals surface area contributed by atoms with Crippen LogP contribution in [0.15, 0.2) is 50.2 Å². The third-order valence-electron chi connectivity index (χ3n) is 11.9. The summed E-state index contributed by atoms with van der Waals surface area (Å²) in [5, 5.41) is 20.0. The highest BCUT2D eigenvalue weighted by Crippen LogP contribution is 2.67. The lowest BCUT2D eigenvalue weighted by molar-refractivity contribution is -0.139. The Morgan fingerprint density at radius 2 is 1.53 bits per heavy atom. The van der Waals surface area contributed by atoms with Crippen molar-refractivity contribution in [3.05, 3.63) is 50.2 Å². The van der Waals surface area contributed by atoms with Gasteiger partial charge in [-0.05, 0) is 72.5 Å². The number of aliphatic carboxylic acids is 1. The summed E-state index contributed by atoms with van der Waals surface area (Å²) < 4.78 is 0. The van der Waals surface area contributed by atoms with E-state index in [1.165, 1.54) is 6.08 Å². The number of nitrogens with one attached hydrogen (secondary N) is 4. The Morgan fingerprint density at radius 1 is 0.930 bits per heavy atom. The molecule has 2 aliphatic rings. The molecule has 11 heteroatoms. The number of ketones is 1. The van der Waals surface area contributed by atoms with Gasteiger partial charge in [0.25, 0.3) is 5.91 Å². The molecule has 0 aromatic rings. The molecular formula is C46H81N5O6. The molecule has 0 spiro atoms. The number of fused-ring (bicyclic) bond motifs is 1. The molecule has 2 rings (SSSR count). The predicted octanol–water partition coefficient (Wildman–Crippen LogP) is 8.43. The topological polar surface area (TPSA) is 157 Å². The average molecular weight is 800 g/mol. The zero-order chi connectivity index (χ0) is 44.3. The number of hydrogen-bond acceptors (Lipinski definition) is 6. The first-order valence-corrected chi connectivity index (χ1v) is 21.5. The van der Waals surface area contributed by atoms with Crippen LogP contribution in [-0.4, -0.2) is 76.9 Å². The number of carbonyl (C=O) groups excluding carboxylic acids is 4. The average Bonchev–Trinajstić information content (AvgIpc) is 3.52.